The van der Waals surface area contributed by atoms with Crippen LogP contribution in [0.1, 0.15) is 18.4 Å². The lowest BCUT2D eigenvalue weighted by atomic mass is 9.98. The molecule has 0 spiro atoms. The molecule has 9 heteroatoms. The van der Waals surface area contributed by atoms with Gasteiger partial charge in [-0.25, -0.2) is 0 Å². The molecule has 2 aromatic rings. The Labute approximate surface area is 160 Å². The van der Waals surface area contributed by atoms with Crippen molar-refractivity contribution < 1.29 is 27.8 Å². The molecule has 28 heavy (non-hydrogen) atoms. The average molecular weight is 397 g/mol. The Hall–Kier alpha value is -2.55. The minimum atomic E-state index is -4.43. The van der Waals surface area contributed by atoms with Crippen LogP contribution >= 0.6 is 0 Å². The Morgan fingerprint density at radius 2 is 1.86 bits per heavy atom. The molecule has 6 nitrogen and oxygen atoms in total. The van der Waals surface area contributed by atoms with Crippen LogP contribution in [0.2, 0.25) is 0 Å². The minimum absolute atomic E-state index is 0.102. The highest BCUT2D eigenvalue weighted by Crippen LogP contribution is 2.36. The summed E-state index contributed by atoms with van der Waals surface area (Å²) in [5, 5.41) is 8.81. The topological polar surface area (TPSA) is 67.7 Å². The summed E-state index contributed by atoms with van der Waals surface area (Å²) in [6, 6.07) is 5.28. The summed E-state index contributed by atoms with van der Waals surface area (Å²) in [5.41, 5.74) is -0.748. The summed E-state index contributed by atoms with van der Waals surface area (Å²) < 4.78 is 49.9. The number of benzene rings is 1. The first kappa shape index (κ1) is 20.2. The lowest BCUT2D eigenvalue weighted by molar-refractivity contribution is -0.139. The van der Waals surface area contributed by atoms with Crippen molar-refractivity contribution in [3.8, 4) is 11.6 Å². The third-order valence-electron chi connectivity index (χ3n) is 4.55. The lowest BCUT2D eigenvalue weighted by Crippen LogP contribution is -2.36. The van der Waals surface area contributed by atoms with E-state index < -0.39 is 11.7 Å². The first-order chi connectivity index (χ1) is 13.5. The normalized spacial score (nSPS) is 15.5. The van der Waals surface area contributed by atoms with Gasteiger partial charge >= 0.3 is 6.18 Å². The van der Waals surface area contributed by atoms with Crippen LogP contribution in [0.4, 0.5) is 19.0 Å². The van der Waals surface area contributed by atoms with Crippen LogP contribution in [0, 0.1) is 5.92 Å². The Bertz CT molecular complexity index is 765. The largest absolute Gasteiger partial charge is 0.493 e. The molecule has 1 fully saturated rings. The van der Waals surface area contributed by atoms with Crippen LogP contribution in [0.25, 0.3) is 0 Å². The van der Waals surface area contributed by atoms with Gasteiger partial charge in [0.2, 0.25) is 5.88 Å². The van der Waals surface area contributed by atoms with Gasteiger partial charge in [0.25, 0.3) is 0 Å². The molecule has 0 unspecified atom stereocenters. The maximum absolute atomic E-state index is 13.0. The Morgan fingerprint density at radius 3 is 2.57 bits per heavy atom. The van der Waals surface area contributed by atoms with Crippen molar-refractivity contribution in [2.24, 2.45) is 5.92 Å². The molecule has 1 aromatic heterocycles. The molecular formula is C19H22F3N3O3. The summed E-state index contributed by atoms with van der Waals surface area (Å²) in [5.74, 6) is 1.06. The summed E-state index contributed by atoms with van der Waals surface area (Å²) >= 11 is 0. The lowest BCUT2D eigenvalue weighted by Gasteiger charge is -2.32. The van der Waals surface area contributed by atoms with E-state index in [9.17, 15) is 13.2 Å². The summed E-state index contributed by atoms with van der Waals surface area (Å²) in [4.78, 5) is 10.5. The average Bonchev–Trinajstić information content (AvgIpc) is 2.71. The number of aromatic nitrogens is 2. The van der Waals surface area contributed by atoms with E-state index in [2.05, 4.69) is 14.9 Å². The number of anilines is 1. The highest BCUT2D eigenvalue weighted by Gasteiger charge is 2.34. The predicted molar refractivity (Wildman–Crippen MR) is 96.5 cm³/mol. The summed E-state index contributed by atoms with van der Waals surface area (Å²) in [6.07, 6.45) is 0.247. The van der Waals surface area contributed by atoms with Gasteiger partial charge < -0.3 is 19.5 Å². The maximum Gasteiger partial charge on any atom is 0.419 e. The van der Waals surface area contributed by atoms with Crippen LogP contribution in [0.5, 0.6) is 11.6 Å². The smallest absolute Gasteiger partial charge is 0.419 e. The quantitative estimate of drug-likeness (QED) is 0.774. The van der Waals surface area contributed by atoms with Gasteiger partial charge in [0, 0.05) is 13.1 Å². The zero-order chi connectivity index (χ0) is 20.0. The molecule has 1 aliphatic rings. The van der Waals surface area contributed by atoms with E-state index in [1.165, 1.54) is 24.4 Å². The molecule has 1 aliphatic heterocycles. The zero-order valence-corrected chi connectivity index (χ0v) is 15.2. The van der Waals surface area contributed by atoms with E-state index in [4.69, 9.17) is 14.6 Å². The number of piperidine rings is 1. The first-order valence-corrected chi connectivity index (χ1v) is 9.07. The molecule has 2 heterocycles. The first-order valence-electron chi connectivity index (χ1n) is 9.07. The molecule has 3 rings (SSSR count). The second-order valence-electron chi connectivity index (χ2n) is 6.52. The second kappa shape index (κ2) is 9.09. The van der Waals surface area contributed by atoms with Crippen LogP contribution in [0.15, 0.2) is 36.7 Å². The number of ether oxygens (including phenoxy) is 2. The fourth-order valence-electron chi connectivity index (χ4n) is 3.07. The third-order valence-corrected chi connectivity index (χ3v) is 4.55. The van der Waals surface area contributed by atoms with Gasteiger partial charge in [0.15, 0.2) is 5.82 Å². The van der Waals surface area contributed by atoms with Crippen molar-refractivity contribution in [1.82, 2.24) is 9.97 Å². The monoisotopic (exact) mass is 397 g/mol. The number of aliphatic hydroxyl groups excluding tert-OH is 1. The fourth-order valence-corrected chi connectivity index (χ4v) is 3.07. The van der Waals surface area contributed by atoms with Gasteiger partial charge in [0.05, 0.1) is 31.2 Å². The molecule has 0 saturated carbocycles. The van der Waals surface area contributed by atoms with E-state index in [-0.39, 0.29) is 31.5 Å². The molecule has 0 amide bonds. The number of halogens is 3. The highest BCUT2D eigenvalue weighted by atomic mass is 19.4. The van der Waals surface area contributed by atoms with Gasteiger partial charge in [-0.1, -0.05) is 12.1 Å². The van der Waals surface area contributed by atoms with Crippen molar-refractivity contribution in [1.29, 1.82) is 0 Å². The second-order valence-corrected chi connectivity index (χ2v) is 6.52. The summed E-state index contributed by atoms with van der Waals surface area (Å²) in [7, 11) is 0. The minimum Gasteiger partial charge on any atom is -0.493 e. The van der Waals surface area contributed by atoms with E-state index in [1.54, 1.807) is 6.20 Å². The van der Waals surface area contributed by atoms with Crippen LogP contribution < -0.4 is 14.4 Å². The molecule has 152 valence electrons. The Kier molecular flexibility index (Phi) is 6.56. The van der Waals surface area contributed by atoms with E-state index >= 15 is 0 Å². The van der Waals surface area contributed by atoms with Gasteiger partial charge in [-0.15, -0.1) is 0 Å². The zero-order valence-electron chi connectivity index (χ0n) is 15.2. The molecular weight excluding hydrogens is 375 g/mol. The van der Waals surface area contributed by atoms with Crippen LogP contribution in [-0.2, 0) is 6.18 Å². The number of alkyl halides is 3. The van der Waals surface area contributed by atoms with Gasteiger partial charge in [-0.2, -0.15) is 18.2 Å². The van der Waals surface area contributed by atoms with Gasteiger partial charge in [0.1, 0.15) is 12.4 Å². The van der Waals surface area contributed by atoms with E-state index in [0.29, 0.717) is 24.8 Å². The van der Waals surface area contributed by atoms with Crippen molar-refractivity contribution in [3.63, 3.8) is 0 Å². The number of hydrogen-bond acceptors (Lipinski definition) is 6. The highest BCUT2D eigenvalue weighted by molar-refractivity contribution is 5.38. The Morgan fingerprint density at radius 1 is 1.11 bits per heavy atom. The molecule has 0 aliphatic carbocycles. The van der Waals surface area contributed by atoms with E-state index in [0.717, 1.165) is 18.9 Å². The molecule has 0 bridgehead atoms. The fraction of sp³-hybridized carbons (Fsp3) is 0.474. The predicted octanol–water partition coefficient (Wildman–Crippen LogP) is 3.16. The SMILES string of the molecule is OCCOc1cncc(N2CCC(COc3ccccc3C(F)(F)F)CC2)n1. The molecule has 1 aromatic carbocycles. The number of rotatable bonds is 7. The van der Waals surface area contributed by atoms with Gasteiger partial charge in [-0.05, 0) is 30.9 Å². The third kappa shape index (κ3) is 5.25. The molecule has 1 N–H and O–H groups in total. The number of nitrogens with zero attached hydrogens (tertiary/aromatic N) is 3. The summed E-state index contributed by atoms with van der Waals surface area (Å²) in [6.45, 7) is 1.69. The maximum atomic E-state index is 13.0. The standard InChI is InChI=1S/C19H22F3N3O3/c20-19(21,22)15-3-1-2-4-16(15)28-13-14-5-7-25(8-6-14)17-11-23-12-18(24-17)27-10-9-26/h1-4,11-12,14,26H,5-10,13H2. The van der Waals surface area contributed by atoms with Crippen molar-refractivity contribution in [2.45, 2.75) is 19.0 Å². The van der Waals surface area contributed by atoms with Crippen molar-refractivity contribution in [2.75, 3.05) is 37.8 Å². The molecule has 0 atom stereocenters. The van der Waals surface area contributed by atoms with E-state index in [1.807, 2.05) is 0 Å². The van der Waals surface area contributed by atoms with Crippen LogP contribution in [0.3, 0.4) is 0 Å². The Balaban J connectivity index is 1.53. The number of para-hydroxylation sites is 1. The number of hydrogen-bond donors (Lipinski definition) is 1. The molecule has 1 saturated heterocycles. The van der Waals surface area contributed by atoms with Gasteiger partial charge in [-0.3, -0.25) is 4.98 Å². The number of aliphatic hydroxyl groups is 1. The van der Waals surface area contributed by atoms with Crippen molar-refractivity contribution in [3.05, 3.63) is 42.2 Å². The van der Waals surface area contributed by atoms with Crippen LogP contribution in [-0.4, -0.2) is 48.0 Å². The molecule has 0 radical (unpaired) electrons. The van der Waals surface area contributed by atoms with Crippen molar-refractivity contribution >= 4 is 5.82 Å².